The maximum atomic E-state index is 12.7. The lowest BCUT2D eigenvalue weighted by Crippen LogP contribution is -2.42. The highest BCUT2D eigenvalue weighted by Gasteiger charge is 2.41. The summed E-state index contributed by atoms with van der Waals surface area (Å²) in [6.45, 7) is 5.37. The van der Waals surface area contributed by atoms with Crippen LogP contribution in [0, 0.1) is 6.92 Å². The van der Waals surface area contributed by atoms with Crippen LogP contribution in [0.25, 0.3) is 11.8 Å². The summed E-state index contributed by atoms with van der Waals surface area (Å²) < 4.78 is 6.88. The highest BCUT2D eigenvalue weighted by molar-refractivity contribution is 8.18. The van der Waals surface area contributed by atoms with E-state index in [-0.39, 0.29) is 11.5 Å². The number of ether oxygens (including phenoxy) is 1. The number of thioether (sulfide) groups is 1. The van der Waals surface area contributed by atoms with Crippen LogP contribution in [0.2, 0.25) is 0 Å². The minimum atomic E-state index is -0.952. The van der Waals surface area contributed by atoms with Crippen molar-refractivity contribution in [3.05, 3.63) is 58.8 Å². The number of esters is 1. The third-order valence-electron chi connectivity index (χ3n) is 4.27. The van der Waals surface area contributed by atoms with Crippen LogP contribution in [0.3, 0.4) is 0 Å². The van der Waals surface area contributed by atoms with Crippen LogP contribution in [0.5, 0.6) is 0 Å². The third-order valence-corrected chi connectivity index (χ3v) is 5.16. The number of aryl methyl sites for hydroxylation is 1. The first-order valence-corrected chi connectivity index (χ1v) is 9.42. The molecule has 2 aromatic rings. The molecule has 3 rings (SSSR count). The van der Waals surface area contributed by atoms with Gasteiger partial charge in [0.2, 0.25) is 0 Å². The molecule has 1 saturated heterocycles. The lowest BCUT2D eigenvalue weighted by Gasteiger charge is -2.19. The van der Waals surface area contributed by atoms with E-state index in [1.807, 2.05) is 54.1 Å². The van der Waals surface area contributed by atoms with Gasteiger partial charge in [-0.3, -0.25) is 14.5 Å². The first-order chi connectivity index (χ1) is 12.9. The standard InChI is InChI=1S/C20H20N2O4S/c1-4-26-19(24)14(3)22-18(23)17(27-20(22)25)12-15-9-7-11-21(15)16-10-6-5-8-13(16)2/h5-12,14H,4H2,1-3H3/b17-12+/t14-/m0/s1. The van der Waals surface area contributed by atoms with Gasteiger partial charge in [0.1, 0.15) is 6.04 Å². The maximum Gasteiger partial charge on any atom is 0.329 e. The summed E-state index contributed by atoms with van der Waals surface area (Å²) in [6.07, 6.45) is 3.58. The van der Waals surface area contributed by atoms with Crippen molar-refractivity contribution in [2.75, 3.05) is 6.61 Å². The summed E-state index contributed by atoms with van der Waals surface area (Å²) in [5.74, 6) is -1.08. The second-order valence-electron chi connectivity index (χ2n) is 6.07. The number of carbonyl (C=O) groups is 3. The molecule has 140 valence electrons. The summed E-state index contributed by atoms with van der Waals surface area (Å²) in [4.78, 5) is 38.2. The van der Waals surface area contributed by atoms with Gasteiger partial charge < -0.3 is 9.30 Å². The van der Waals surface area contributed by atoms with E-state index < -0.39 is 23.2 Å². The fourth-order valence-electron chi connectivity index (χ4n) is 2.88. The normalized spacial score (nSPS) is 16.9. The molecular formula is C20H20N2O4S. The number of hydrogen-bond donors (Lipinski definition) is 0. The number of aromatic nitrogens is 1. The molecule has 0 N–H and O–H groups in total. The maximum absolute atomic E-state index is 12.7. The molecule has 2 amide bonds. The van der Waals surface area contributed by atoms with Crippen LogP contribution in [-0.2, 0) is 14.3 Å². The molecule has 0 radical (unpaired) electrons. The van der Waals surface area contributed by atoms with Crippen molar-refractivity contribution in [2.45, 2.75) is 26.8 Å². The lowest BCUT2D eigenvalue weighted by atomic mass is 10.2. The number of nitrogens with zero attached hydrogens (tertiary/aromatic N) is 2. The fraction of sp³-hybridized carbons (Fsp3) is 0.250. The Morgan fingerprint density at radius 1 is 1.22 bits per heavy atom. The molecule has 2 heterocycles. The zero-order chi connectivity index (χ0) is 19.6. The Bertz CT molecular complexity index is 932. The van der Waals surface area contributed by atoms with Crippen molar-refractivity contribution < 1.29 is 19.1 Å². The van der Waals surface area contributed by atoms with Gasteiger partial charge in [0.25, 0.3) is 11.1 Å². The second-order valence-corrected chi connectivity index (χ2v) is 7.06. The van der Waals surface area contributed by atoms with Gasteiger partial charge in [-0.05, 0) is 62.4 Å². The highest BCUT2D eigenvalue weighted by Crippen LogP contribution is 2.34. The van der Waals surface area contributed by atoms with E-state index in [4.69, 9.17) is 4.74 Å². The summed E-state index contributed by atoms with van der Waals surface area (Å²) >= 11 is 0.829. The minimum absolute atomic E-state index is 0.194. The Kier molecular flexibility index (Phi) is 5.51. The van der Waals surface area contributed by atoms with E-state index in [9.17, 15) is 14.4 Å². The van der Waals surface area contributed by atoms with Gasteiger partial charge >= 0.3 is 5.97 Å². The van der Waals surface area contributed by atoms with Gasteiger partial charge in [0.05, 0.1) is 11.5 Å². The molecule has 0 spiro atoms. The first-order valence-electron chi connectivity index (χ1n) is 8.61. The topological polar surface area (TPSA) is 68.6 Å². The Morgan fingerprint density at radius 2 is 1.96 bits per heavy atom. The smallest absolute Gasteiger partial charge is 0.329 e. The van der Waals surface area contributed by atoms with Crippen LogP contribution in [-0.4, -0.2) is 39.2 Å². The Morgan fingerprint density at radius 3 is 2.67 bits per heavy atom. The number of amides is 2. The highest BCUT2D eigenvalue weighted by atomic mass is 32.2. The molecule has 0 aliphatic carbocycles. The van der Waals surface area contributed by atoms with Gasteiger partial charge in [0.15, 0.2) is 0 Å². The quantitative estimate of drug-likeness (QED) is 0.580. The summed E-state index contributed by atoms with van der Waals surface area (Å²) in [5.41, 5.74) is 2.86. The van der Waals surface area contributed by atoms with Gasteiger partial charge in [-0.1, -0.05) is 18.2 Å². The van der Waals surface area contributed by atoms with E-state index >= 15 is 0 Å². The van der Waals surface area contributed by atoms with Gasteiger partial charge in [0, 0.05) is 17.6 Å². The summed E-state index contributed by atoms with van der Waals surface area (Å²) in [5, 5.41) is -0.471. The van der Waals surface area contributed by atoms with E-state index in [0.717, 1.165) is 33.6 Å². The largest absolute Gasteiger partial charge is 0.464 e. The van der Waals surface area contributed by atoms with Crippen LogP contribution in [0.15, 0.2) is 47.5 Å². The van der Waals surface area contributed by atoms with E-state index in [2.05, 4.69) is 0 Å². The predicted octanol–water partition coefficient (Wildman–Crippen LogP) is 3.77. The molecule has 1 fully saturated rings. The Hall–Kier alpha value is -2.80. The zero-order valence-electron chi connectivity index (χ0n) is 15.3. The van der Waals surface area contributed by atoms with E-state index in [1.54, 1.807) is 13.0 Å². The van der Waals surface area contributed by atoms with Crippen molar-refractivity contribution in [1.82, 2.24) is 9.47 Å². The lowest BCUT2D eigenvalue weighted by molar-refractivity contribution is -0.150. The van der Waals surface area contributed by atoms with E-state index in [1.165, 1.54) is 6.92 Å². The molecule has 1 aromatic carbocycles. The van der Waals surface area contributed by atoms with Crippen LogP contribution < -0.4 is 0 Å². The van der Waals surface area contributed by atoms with Crippen LogP contribution in [0.4, 0.5) is 4.79 Å². The van der Waals surface area contributed by atoms with Crippen LogP contribution >= 0.6 is 11.8 Å². The molecule has 27 heavy (non-hydrogen) atoms. The molecule has 0 saturated carbocycles. The monoisotopic (exact) mass is 384 g/mol. The Labute approximate surface area is 161 Å². The molecule has 0 bridgehead atoms. The predicted molar refractivity (Wildman–Crippen MR) is 104 cm³/mol. The van der Waals surface area contributed by atoms with Crippen LogP contribution in [0.1, 0.15) is 25.1 Å². The molecule has 6 nitrogen and oxygen atoms in total. The molecular weight excluding hydrogens is 364 g/mol. The summed E-state index contributed by atoms with van der Waals surface area (Å²) in [7, 11) is 0. The molecule has 7 heteroatoms. The molecule has 0 unspecified atom stereocenters. The van der Waals surface area contributed by atoms with E-state index in [0.29, 0.717) is 0 Å². The Balaban J connectivity index is 1.91. The van der Waals surface area contributed by atoms with Gasteiger partial charge in [-0.15, -0.1) is 0 Å². The van der Waals surface area contributed by atoms with Crippen molar-refractivity contribution in [2.24, 2.45) is 0 Å². The van der Waals surface area contributed by atoms with Crippen molar-refractivity contribution in [1.29, 1.82) is 0 Å². The number of rotatable bonds is 5. The number of hydrogen-bond acceptors (Lipinski definition) is 5. The molecule has 1 aromatic heterocycles. The number of benzene rings is 1. The molecule has 1 aliphatic heterocycles. The third kappa shape index (κ3) is 3.68. The van der Waals surface area contributed by atoms with Crippen molar-refractivity contribution >= 4 is 35.0 Å². The SMILES string of the molecule is CCOC(=O)[C@H](C)N1C(=O)S/C(=C/c2cccn2-c2ccccc2C)C1=O. The zero-order valence-corrected chi connectivity index (χ0v) is 16.2. The summed E-state index contributed by atoms with van der Waals surface area (Å²) in [6, 6.07) is 10.7. The average molecular weight is 384 g/mol. The number of para-hydroxylation sites is 1. The minimum Gasteiger partial charge on any atom is -0.464 e. The van der Waals surface area contributed by atoms with Crippen molar-refractivity contribution in [3.63, 3.8) is 0 Å². The van der Waals surface area contributed by atoms with Gasteiger partial charge in [-0.2, -0.15) is 0 Å². The second kappa shape index (κ2) is 7.84. The van der Waals surface area contributed by atoms with Gasteiger partial charge in [-0.25, -0.2) is 4.79 Å². The molecule has 1 atom stereocenters. The molecule has 1 aliphatic rings. The average Bonchev–Trinajstić information content (AvgIpc) is 3.20. The first kappa shape index (κ1) is 19.0. The van der Waals surface area contributed by atoms with Crippen molar-refractivity contribution in [3.8, 4) is 5.69 Å². The number of imide groups is 1. The number of carbonyl (C=O) groups excluding carboxylic acids is 3. The fourth-order valence-corrected chi connectivity index (χ4v) is 3.77.